The van der Waals surface area contributed by atoms with E-state index in [1.807, 2.05) is 43.3 Å². The van der Waals surface area contributed by atoms with Crippen LogP contribution in [0.15, 0.2) is 36.4 Å². The number of rotatable bonds is 6. The summed E-state index contributed by atoms with van der Waals surface area (Å²) in [4.78, 5) is 12.3. The third-order valence-electron chi connectivity index (χ3n) is 3.47. The Labute approximate surface area is 125 Å². The summed E-state index contributed by atoms with van der Waals surface area (Å²) < 4.78 is 1.62. The molecule has 0 saturated heterocycles. The van der Waals surface area contributed by atoms with Gasteiger partial charge in [-0.05, 0) is 24.5 Å². The molecule has 2 rings (SSSR count). The minimum Gasteiger partial charge on any atom is -0.346 e. The van der Waals surface area contributed by atoms with Gasteiger partial charge >= 0.3 is 0 Å². The van der Waals surface area contributed by atoms with Crippen LogP contribution in [0.4, 0.5) is 0 Å². The molecule has 1 aromatic carbocycles. The minimum absolute atomic E-state index is 0.0834. The molecule has 1 atom stereocenters. The summed E-state index contributed by atoms with van der Waals surface area (Å²) in [6, 6.07) is 11.8. The fourth-order valence-electron chi connectivity index (χ4n) is 2.26. The SMILES string of the molecule is CCc1cc(C(=O)NC(CN)Cc2ccccc2)n(C)n1. The molecule has 1 unspecified atom stereocenters. The lowest BCUT2D eigenvalue weighted by molar-refractivity contribution is 0.0928. The Balaban J connectivity index is 2.04. The van der Waals surface area contributed by atoms with Gasteiger partial charge in [-0.2, -0.15) is 5.10 Å². The molecule has 5 heteroatoms. The van der Waals surface area contributed by atoms with Gasteiger partial charge in [-0.25, -0.2) is 0 Å². The van der Waals surface area contributed by atoms with Gasteiger partial charge in [0.2, 0.25) is 0 Å². The molecular formula is C16H22N4O. The summed E-state index contributed by atoms with van der Waals surface area (Å²) in [6.07, 6.45) is 1.53. The molecule has 0 aliphatic rings. The van der Waals surface area contributed by atoms with E-state index >= 15 is 0 Å². The van der Waals surface area contributed by atoms with E-state index in [2.05, 4.69) is 10.4 Å². The molecule has 0 radical (unpaired) electrons. The Kier molecular flexibility index (Phi) is 5.11. The van der Waals surface area contributed by atoms with Gasteiger partial charge in [0.05, 0.1) is 5.69 Å². The first kappa shape index (κ1) is 15.3. The average molecular weight is 286 g/mol. The van der Waals surface area contributed by atoms with Crippen LogP contribution < -0.4 is 11.1 Å². The van der Waals surface area contributed by atoms with Crippen LogP contribution >= 0.6 is 0 Å². The monoisotopic (exact) mass is 286 g/mol. The summed E-state index contributed by atoms with van der Waals surface area (Å²) in [5, 5.41) is 7.28. The normalized spacial score (nSPS) is 12.1. The van der Waals surface area contributed by atoms with Gasteiger partial charge in [-0.1, -0.05) is 37.3 Å². The first-order valence-corrected chi connectivity index (χ1v) is 7.21. The lowest BCUT2D eigenvalue weighted by Crippen LogP contribution is -2.42. The summed E-state index contributed by atoms with van der Waals surface area (Å²) in [6.45, 7) is 2.42. The van der Waals surface area contributed by atoms with E-state index in [1.165, 1.54) is 0 Å². The molecule has 2 aromatic rings. The van der Waals surface area contributed by atoms with E-state index in [-0.39, 0.29) is 11.9 Å². The minimum atomic E-state index is -0.129. The highest BCUT2D eigenvalue weighted by Crippen LogP contribution is 2.06. The van der Waals surface area contributed by atoms with Crippen molar-refractivity contribution in [2.75, 3.05) is 6.54 Å². The smallest absolute Gasteiger partial charge is 0.269 e. The number of nitrogens with one attached hydrogen (secondary N) is 1. The quantitative estimate of drug-likeness (QED) is 0.840. The van der Waals surface area contributed by atoms with Gasteiger partial charge in [-0.15, -0.1) is 0 Å². The van der Waals surface area contributed by atoms with Crippen molar-refractivity contribution in [3.05, 3.63) is 53.3 Å². The lowest BCUT2D eigenvalue weighted by Gasteiger charge is -2.17. The fraction of sp³-hybridized carbons (Fsp3) is 0.375. The molecule has 1 amide bonds. The van der Waals surface area contributed by atoms with Gasteiger partial charge in [0.15, 0.2) is 0 Å². The second kappa shape index (κ2) is 7.04. The number of hydrogen-bond acceptors (Lipinski definition) is 3. The number of benzene rings is 1. The second-order valence-electron chi connectivity index (χ2n) is 5.09. The molecule has 0 bridgehead atoms. The van der Waals surface area contributed by atoms with E-state index in [9.17, 15) is 4.79 Å². The Morgan fingerprint density at radius 2 is 2.10 bits per heavy atom. The summed E-state index contributed by atoms with van der Waals surface area (Å²) in [5.74, 6) is -0.129. The maximum Gasteiger partial charge on any atom is 0.269 e. The second-order valence-corrected chi connectivity index (χ2v) is 5.09. The maximum absolute atomic E-state index is 12.3. The van der Waals surface area contributed by atoms with Crippen LogP contribution in [0, 0.1) is 0 Å². The number of carbonyl (C=O) groups excluding carboxylic acids is 1. The molecule has 0 saturated carbocycles. The number of nitrogens with two attached hydrogens (primary N) is 1. The van der Waals surface area contributed by atoms with Gasteiger partial charge in [0.1, 0.15) is 5.69 Å². The third-order valence-corrected chi connectivity index (χ3v) is 3.47. The van der Waals surface area contributed by atoms with Crippen LogP contribution in [0.25, 0.3) is 0 Å². The molecule has 0 fully saturated rings. The zero-order valence-corrected chi connectivity index (χ0v) is 12.5. The highest BCUT2D eigenvalue weighted by atomic mass is 16.2. The maximum atomic E-state index is 12.3. The number of amides is 1. The Morgan fingerprint density at radius 3 is 2.67 bits per heavy atom. The van der Waals surface area contributed by atoms with Crippen molar-refractivity contribution in [3.8, 4) is 0 Å². The Bertz CT molecular complexity index is 592. The Morgan fingerprint density at radius 1 is 1.38 bits per heavy atom. The predicted octanol–water partition coefficient (Wildman–Crippen LogP) is 1.28. The topological polar surface area (TPSA) is 72.9 Å². The summed E-state index contributed by atoms with van der Waals surface area (Å²) >= 11 is 0. The van der Waals surface area contributed by atoms with Crippen LogP contribution in [0.2, 0.25) is 0 Å². The van der Waals surface area contributed by atoms with Gasteiger partial charge < -0.3 is 11.1 Å². The van der Waals surface area contributed by atoms with Crippen molar-refractivity contribution in [3.63, 3.8) is 0 Å². The largest absolute Gasteiger partial charge is 0.346 e. The fourth-order valence-corrected chi connectivity index (χ4v) is 2.26. The molecule has 1 aromatic heterocycles. The predicted molar refractivity (Wildman–Crippen MR) is 83.0 cm³/mol. The van der Waals surface area contributed by atoms with Crippen LogP contribution in [-0.2, 0) is 19.9 Å². The highest BCUT2D eigenvalue weighted by molar-refractivity contribution is 5.92. The average Bonchev–Trinajstić information content (AvgIpc) is 2.88. The van der Waals surface area contributed by atoms with Crippen molar-refractivity contribution < 1.29 is 4.79 Å². The molecule has 1 heterocycles. The molecule has 3 N–H and O–H groups in total. The summed E-state index contributed by atoms with van der Waals surface area (Å²) in [7, 11) is 1.78. The van der Waals surface area contributed by atoms with E-state index in [1.54, 1.807) is 11.7 Å². The van der Waals surface area contributed by atoms with E-state index in [0.717, 1.165) is 24.1 Å². The van der Waals surface area contributed by atoms with Crippen LogP contribution in [0.5, 0.6) is 0 Å². The van der Waals surface area contributed by atoms with E-state index in [0.29, 0.717) is 12.2 Å². The van der Waals surface area contributed by atoms with Gasteiger partial charge in [0, 0.05) is 19.6 Å². The molecule has 21 heavy (non-hydrogen) atoms. The van der Waals surface area contributed by atoms with Crippen molar-refractivity contribution in [2.24, 2.45) is 12.8 Å². The third kappa shape index (κ3) is 3.92. The number of nitrogens with zero attached hydrogens (tertiary/aromatic N) is 2. The van der Waals surface area contributed by atoms with Crippen LogP contribution in [-0.4, -0.2) is 28.3 Å². The van der Waals surface area contributed by atoms with Gasteiger partial charge in [-0.3, -0.25) is 9.48 Å². The zero-order chi connectivity index (χ0) is 15.2. The molecule has 0 spiro atoms. The molecule has 0 aliphatic heterocycles. The lowest BCUT2D eigenvalue weighted by atomic mass is 10.1. The van der Waals surface area contributed by atoms with Crippen molar-refractivity contribution >= 4 is 5.91 Å². The first-order valence-electron chi connectivity index (χ1n) is 7.21. The van der Waals surface area contributed by atoms with E-state index < -0.39 is 0 Å². The summed E-state index contributed by atoms with van der Waals surface area (Å²) in [5.41, 5.74) is 8.42. The van der Waals surface area contributed by atoms with Crippen molar-refractivity contribution in [1.82, 2.24) is 15.1 Å². The molecule has 0 aliphatic carbocycles. The van der Waals surface area contributed by atoms with Crippen molar-refractivity contribution in [2.45, 2.75) is 25.8 Å². The number of aryl methyl sites for hydroxylation is 2. The van der Waals surface area contributed by atoms with Crippen molar-refractivity contribution in [1.29, 1.82) is 0 Å². The zero-order valence-electron chi connectivity index (χ0n) is 12.5. The van der Waals surface area contributed by atoms with E-state index in [4.69, 9.17) is 5.73 Å². The number of aromatic nitrogens is 2. The van der Waals surface area contributed by atoms with Gasteiger partial charge in [0.25, 0.3) is 5.91 Å². The molecule has 5 nitrogen and oxygen atoms in total. The Hall–Kier alpha value is -2.14. The standard InChI is InChI=1S/C16H22N4O/c1-3-13-10-15(20(2)19-13)16(21)18-14(11-17)9-12-7-5-4-6-8-12/h4-8,10,14H,3,9,11,17H2,1-2H3,(H,18,21). The van der Waals surface area contributed by atoms with Crippen LogP contribution in [0.3, 0.4) is 0 Å². The first-order chi connectivity index (χ1) is 10.1. The number of carbonyl (C=O) groups is 1. The highest BCUT2D eigenvalue weighted by Gasteiger charge is 2.16. The molecular weight excluding hydrogens is 264 g/mol. The van der Waals surface area contributed by atoms with Crippen LogP contribution in [0.1, 0.15) is 28.7 Å². The molecule has 112 valence electrons. The number of hydrogen-bond donors (Lipinski definition) is 2.